The number of piperidine rings is 2. The van der Waals surface area contributed by atoms with Gasteiger partial charge in [0.05, 0.1) is 16.8 Å². The molecule has 2 atom stereocenters. The lowest BCUT2D eigenvalue weighted by molar-refractivity contribution is -0.137. The lowest BCUT2D eigenvalue weighted by Gasteiger charge is -2.44. The summed E-state index contributed by atoms with van der Waals surface area (Å²) in [6.07, 6.45) is 4.51. The maximum Gasteiger partial charge on any atom is 0.416 e. The van der Waals surface area contributed by atoms with Crippen molar-refractivity contribution in [3.05, 3.63) is 64.5 Å². The molecule has 0 N–H and O–H groups in total. The van der Waals surface area contributed by atoms with Crippen LogP contribution in [0, 0.1) is 12.8 Å². The first-order valence-electron chi connectivity index (χ1n) is 13.5. The van der Waals surface area contributed by atoms with Crippen LogP contribution >= 0.6 is 0 Å². The van der Waals surface area contributed by atoms with Crippen LogP contribution in [0.15, 0.2) is 36.4 Å². The number of nitrogens with zero attached hydrogens (tertiary/aromatic N) is 3. The number of pyridine rings is 1. The van der Waals surface area contributed by atoms with E-state index in [-0.39, 0.29) is 11.8 Å². The van der Waals surface area contributed by atoms with E-state index in [0.717, 1.165) is 68.3 Å². The molecule has 5 rings (SSSR count). The summed E-state index contributed by atoms with van der Waals surface area (Å²) in [5, 5.41) is 0. The van der Waals surface area contributed by atoms with Crippen molar-refractivity contribution in [3.8, 4) is 0 Å². The summed E-state index contributed by atoms with van der Waals surface area (Å²) >= 11 is 0. The van der Waals surface area contributed by atoms with E-state index in [0.29, 0.717) is 24.1 Å². The predicted molar refractivity (Wildman–Crippen MR) is 134 cm³/mol. The molecule has 1 aliphatic carbocycles. The molecule has 1 aromatic heterocycles. The number of aromatic nitrogens is 1. The van der Waals surface area contributed by atoms with E-state index in [4.69, 9.17) is 4.98 Å². The van der Waals surface area contributed by atoms with Crippen molar-refractivity contribution < 1.29 is 18.0 Å². The number of likely N-dealkylation sites (tertiary alicyclic amines) is 2. The average Bonchev–Trinajstić information content (AvgIpc) is 2.88. The molecule has 36 heavy (non-hydrogen) atoms. The number of hydrogen-bond acceptors (Lipinski definition) is 3. The minimum atomic E-state index is -4.32. The number of fused-ring (bicyclic) bond motifs is 1. The molecule has 7 heteroatoms. The van der Waals surface area contributed by atoms with E-state index in [1.54, 1.807) is 6.07 Å². The van der Waals surface area contributed by atoms with Crippen molar-refractivity contribution in [1.29, 1.82) is 0 Å². The summed E-state index contributed by atoms with van der Waals surface area (Å²) in [4.78, 5) is 23.1. The first-order chi connectivity index (χ1) is 17.3. The monoisotopic (exact) mass is 499 g/mol. The highest BCUT2D eigenvalue weighted by Gasteiger charge is 2.37. The fourth-order valence-electron chi connectivity index (χ4n) is 6.57. The average molecular weight is 500 g/mol. The number of carbonyl (C=O) groups excluding carboxylic acids is 1. The van der Waals surface area contributed by atoms with Gasteiger partial charge in [-0.2, -0.15) is 13.2 Å². The fourth-order valence-corrected chi connectivity index (χ4v) is 6.57. The Hall–Kier alpha value is -2.41. The SMILES string of the molecule is Cc1ccc(C(=O)N2CCCC3CCCCC32)c(C2CCN(Cc3cccc(C(F)(F)F)c3)CC2)n1. The van der Waals surface area contributed by atoms with Crippen LogP contribution in [-0.4, -0.2) is 46.4 Å². The molecule has 194 valence electrons. The minimum Gasteiger partial charge on any atom is -0.335 e. The standard InChI is InChI=1S/C29H36F3N3O/c1-20-11-12-25(28(36)35-15-5-8-22-7-2-3-10-26(22)35)27(33-20)23-13-16-34(17-14-23)19-21-6-4-9-24(18-21)29(30,31)32/h4,6,9,11-12,18,22-23,26H,2-3,5,7-8,10,13-17,19H2,1H3. The Morgan fingerprint density at radius 3 is 2.50 bits per heavy atom. The van der Waals surface area contributed by atoms with Gasteiger partial charge in [0.1, 0.15) is 0 Å². The van der Waals surface area contributed by atoms with Gasteiger partial charge in [0.25, 0.3) is 5.91 Å². The number of hydrogen-bond donors (Lipinski definition) is 0. The second-order valence-electron chi connectivity index (χ2n) is 10.9. The summed E-state index contributed by atoms with van der Waals surface area (Å²) in [6, 6.07) is 9.90. The van der Waals surface area contributed by atoms with Crippen molar-refractivity contribution in [3.63, 3.8) is 0 Å². The summed E-state index contributed by atoms with van der Waals surface area (Å²) in [5.74, 6) is 0.964. The molecule has 1 amide bonds. The number of aryl methyl sites for hydroxylation is 1. The lowest BCUT2D eigenvalue weighted by Crippen LogP contribution is -2.50. The Balaban J connectivity index is 1.28. The molecule has 4 nitrogen and oxygen atoms in total. The first-order valence-corrected chi connectivity index (χ1v) is 13.5. The molecule has 0 radical (unpaired) electrons. The third kappa shape index (κ3) is 5.46. The number of carbonyl (C=O) groups is 1. The van der Waals surface area contributed by atoms with Gasteiger partial charge in [-0.25, -0.2) is 0 Å². The van der Waals surface area contributed by atoms with Crippen LogP contribution in [0.4, 0.5) is 13.2 Å². The topological polar surface area (TPSA) is 36.4 Å². The lowest BCUT2D eigenvalue weighted by atomic mass is 9.78. The normalized spacial score (nSPS) is 23.9. The van der Waals surface area contributed by atoms with Gasteiger partial charge in [-0.3, -0.25) is 14.7 Å². The van der Waals surface area contributed by atoms with Gasteiger partial charge in [-0.1, -0.05) is 31.0 Å². The van der Waals surface area contributed by atoms with Gasteiger partial charge in [0, 0.05) is 30.7 Å². The van der Waals surface area contributed by atoms with Gasteiger partial charge in [0.15, 0.2) is 0 Å². The Kier molecular flexibility index (Phi) is 7.38. The maximum absolute atomic E-state index is 13.8. The van der Waals surface area contributed by atoms with E-state index in [2.05, 4.69) is 9.80 Å². The molecule has 3 aliphatic rings. The Morgan fingerprint density at radius 1 is 0.972 bits per heavy atom. The second kappa shape index (κ2) is 10.5. The molecule has 2 aliphatic heterocycles. The minimum absolute atomic E-state index is 0.139. The Labute approximate surface area is 211 Å². The summed E-state index contributed by atoms with van der Waals surface area (Å²) in [7, 11) is 0. The molecule has 2 saturated heterocycles. The highest BCUT2D eigenvalue weighted by atomic mass is 19.4. The molecular weight excluding hydrogens is 463 g/mol. The van der Waals surface area contributed by atoms with Crippen LogP contribution in [-0.2, 0) is 12.7 Å². The molecule has 1 saturated carbocycles. The Bertz CT molecular complexity index is 1080. The molecule has 1 aromatic carbocycles. The van der Waals surface area contributed by atoms with E-state index in [1.165, 1.54) is 37.8 Å². The van der Waals surface area contributed by atoms with Crippen LogP contribution < -0.4 is 0 Å². The number of amides is 1. The molecule has 3 heterocycles. The highest BCUT2D eigenvalue weighted by molar-refractivity contribution is 5.95. The number of benzene rings is 1. The van der Waals surface area contributed by atoms with Crippen LogP contribution in [0.3, 0.4) is 0 Å². The fraction of sp³-hybridized carbons (Fsp3) is 0.586. The van der Waals surface area contributed by atoms with E-state index < -0.39 is 11.7 Å². The van der Waals surface area contributed by atoms with Gasteiger partial charge in [-0.05, 0) is 88.2 Å². The van der Waals surface area contributed by atoms with Crippen molar-refractivity contribution in [2.75, 3.05) is 19.6 Å². The zero-order valence-corrected chi connectivity index (χ0v) is 21.1. The van der Waals surface area contributed by atoms with Crippen LogP contribution in [0.25, 0.3) is 0 Å². The van der Waals surface area contributed by atoms with E-state index in [1.807, 2.05) is 19.1 Å². The molecule has 2 unspecified atom stereocenters. The van der Waals surface area contributed by atoms with Crippen molar-refractivity contribution in [1.82, 2.24) is 14.8 Å². The van der Waals surface area contributed by atoms with Crippen LogP contribution in [0.2, 0.25) is 0 Å². The number of halogens is 3. The van der Waals surface area contributed by atoms with E-state index in [9.17, 15) is 18.0 Å². The van der Waals surface area contributed by atoms with Crippen LogP contribution in [0.5, 0.6) is 0 Å². The molecule has 3 fully saturated rings. The van der Waals surface area contributed by atoms with E-state index >= 15 is 0 Å². The number of alkyl halides is 3. The largest absolute Gasteiger partial charge is 0.416 e. The van der Waals surface area contributed by atoms with Crippen molar-refractivity contribution in [2.24, 2.45) is 5.92 Å². The van der Waals surface area contributed by atoms with Crippen LogP contribution in [0.1, 0.15) is 90.2 Å². The smallest absolute Gasteiger partial charge is 0.335 e. The quantitative estimate of drug-likeness (QED) is 0.477. The summed E-state index contributed by atoms with van der Waals surface area (Å²) in [5.41, 5.74) is 2.67. The first kappa shape index (κ1) is 25.2. The zero-order valence-electron chi connectivity index (χ0n) is 21.1. The summed E-state index contributed by atoms with van der Waals surface area (Å²) < 4.78 is 39.3. The van der Waals surface area contributed by atoms with Crippen molar-refractivity contribution >= 4 is 5.91 Å². The molecular formula is C29H36F3N3O. The maximum atomic E-state index is 13.8. The van der Waals surface area contributed by atoms with Gasteiger partial charge >= 0.3 is 6.18 Å². The van der Waals surface area contributed by atoms with Gasteiger partial charge in [0.2, 0.25) is 0 Å². The second-order valence-corrected chi connectivity index (χ2v) is 10.9. The molecule has 0 bridgehead atoms. The molecule has 0 spiro atoms. The van der Waals surface area contributed by atoms with Gasteiger partial charge < -0.3 is 4.90 Å². The zero-order chi connectivity index (χ0) is 25.3. The predicted octanol–water partition coefficient (Wildman–Crippen LogP) is 6.58. The summed E-state index contributed by atoms with van der Waals surface area (Å²) in [6.45, 7) is 4.86. The van der Waals surface area contributed by atoms with Crippen molar-refractivity contribution in [2.45, 2.75) is 83.0 Å². The highest BCUT2D eigenvalue weighted by Crippen LogP contribution is 2.37. The van der Waals surface area contributed by atoms with Gasteiger partial charge in [-0.15, -0.1) is 0 Å². The third-order valence-electron chi connectivity index (χ3n) is 8.43. The Morgan fingerprint density at radius 2 is 1.72 bits per heavy atom. The third-order valence-corrected chi connectivity index (χ3v) is 8.43. The molecule has 2 aromatic rings. The number of rotatable bonds is 4.